The maximum absolute atomic E-state index is 13.0. The minimum Gasteiger partial charge on any atom is -0.391 e. The van der Waals surface area contributed by atoms with Crippen molar-refractivity contribution in [2.24, 2.45) is 11.7 Å². The molecule has 1 aliphatic carbocycles. The van der Waals surface area contributed by atoms with Gasteiger partial charge in [0, 0.05) is 5.02 Å². The molecule has 0 bridgehead atoms. The third-order valence-corrected chi connectivity index (χ3v) is 3.92. The van der Waals surface area contributed by atoms with E-state index >= 15 is 0 Å². The third-order valence-electron chi connectivity index (χ3n) is 3.68. The van der Waals surface area contributed by atoms with E-state index in [9.17, 15) is 18.3 Å². The van der Waals surface area contributed by atoms with Crippen LogP contribution in [0.25, 0.3) is 0 Å². The van der Waals surface area contributed by atoms with Gasteiger partial charge in [0.1, 0.15) is 0 Å². The average Bonchev–Trinajstić information content (AvgIpc) is 2.24. The van der Waals surface area contributed by atoms with E-state index in [0.29, 0.717) is 0 Å². The molecule has 0 unspecified atom stereocenters. The van der Waals surface area contributed by atoms with Crippen molar-refractivity contribution in [3.8, 4) is 0 Å². The highest BCUT2D eigenvalue weighted by Gasteiger charge is 2.38. The Hall–Kier alpha value is -0.780. The van der Waals surface area contributed by atoms with Gasteiger partial charge in [-0.2, -0.15) is 13.2 Å². The van der Waals surface area contributed by atoms with E-state index in [1.54, 1.807) is 0 Å². The van der Waals surface area contributed by atoms with Gasteiger partial charge in [-0.25, -0.2) is 0 Å². The van der Waals surface area contributed by atoms with Gasteiger partial charge >= 0.3 is 6.18 Å². The van der Waals surface area contributed by atoms with Crippen molar-refractivity contribution in [1.82, 2.24) is 0 Å². The second-order valence-electron chi connectivity index (χ2n) is 4.94. The molecule has 2 rings (SSSR count). The molecule has 1 fully saturated rings. The molecule has 2 nitrogen and oxygen atoms in total. The molecule has 6 heteroatoms. The summed E-state index contributed by atoms with van der Waals surface area (Å²) in [5.41, 5.74) is 4.83. The monoisotopic (exact) mass is 293 g/mol. The van der Waals surface area contributed by atoms with Crippen LogP contribution in [-0.2, 0) is 6.18 Å². The van der Waals surface area contributed by atoms with Crippen molar-refractivity contribution in [2.45, 2.75) is 37.6 Å². The van der Waals surface area contributed by atoms with E-state index in [-0.39, 0.29) is 16.5 Å². The van der Waals surface area contributed by atoms with E-state index in [2.05, 4.69) is 0 Å². The van der Waals surface area contributed by atoms with Gasteiger partial charge in [-0.05, 0) is 36.5 Å². The summed E-state index contributed by atoms with van der Waals surface area (Å²) in [7, 11) is 0. The number of rotatable bonds is 3. The van der Waals surface area contributed by atoms with Crippen molar-refractivity contribution in [3.63, 3.8) is 0 Å². The second-order valence-corrected chi connectivity index (χ2v) is 5.37. The lowest BCUT2D eigenvalue weighted by Gasteiger charge is -2.34. The van der Waals surface area contributed by atoms with Crippen LogP contribution in [0.5, 0.6) is 0 Å². The Balaban J connectivity index is 2.32. The maximum Gasteiger partial charge on any atom is 0.416 e. The van der Waals surface area contributed by atoms with E-state index in [1.165, 1.54) is 12.1 Å². The van der Waals surface area contributed by atoms with Crippen LogP contribution in [0, 0.1) is 5.92 Å². The first kappa shape index (κ1) is 14.6. The Morgan fingerprint density at radius 2 is 1.95 bits per heavy atom. The second kappa shape index (κ2) is 5.31. The van der Waals surface area contributed by atoms with E-state index in [0.717, 1.165) is 25.3 Å². The molecule has 0 radical (unpaired) electrons. The summed E-state index contributed by atoms with van der Waals surface area (Å²) in [4.78, 5) is 0. The molecule has 1 aromatic carbocycles. The van der Waals surface area contributed by atoms with Crippen LogP contribution in [0.1, 0.15) is 36.4 Å². The lowest BCUT2D eigenvalue weighted by atomic mass is 9.77. The molecule has 0 aromatic heterocycles. The van der Waals surface area contributed by atoms with Gasteiger partial charge in [0.05, 0.1) is 17.7 Å². The van der Waals surface area contributed by atoms with Gasteiger partial charge in [0.25, 0.3) is 0 Å². The molecular formula is C13H15ClF3NO. The largest absolute Gasteiger partial charge is 0.416 e. The Kier molecular flexibility index (Phi) is 4.08. The normalized spacial score (nSPS) is 19.9. The number of aliphatic hydroxyl groups excluding tert-OH is 1. The predicted octanol–water partition coefficient (Wildman–Crippen LogP) is 3.52. The number of benzene rings is 1. The first-order valence-corrected chi connectivity index (χ1v) is 6.49. The number of halogens is 4. The zero-order valence-electron chi connectivity index (χ0n) is 10.1. The highest BCUT2D eigenvalue weighted by molar-refractivity contribution is 6.30. The highest BCUT2D eigenvalue weighted by atomic mass is 35.5. The molecule has 0 amide bonds. The fraction of sp³-hybridized carbons (Fsp3) is 0.538. The predicted molar refractivity (Wildman–Crippen MR) is 66.7 cm³/mol. The van der Waals surface area contributed by atoms with Crippen LogP contribution < -0.4 is 5.73 Å². The van der Waals surface area contributed by atoms with Crippen molar-refractivity contribution in [2.75, 3.05) is 0 Å². The number of hydrogen-bond acceptors (Lipinski definition) is 2. The Morgan fingerprint density at radius 1 is 1.32 bits per heavy atom. The topological polar surface area (TPSA) is 46.2 Å². The summed E-state index contributed by atoms with van der Waals surface area (Å²) in [6, 6.07) is 2.42. The van der Waals surface area contributed by atoms with Gasteiger partial charge in [-0.1, -0.05) is 24.1 Å². The van der Waals surface area contributed by atoms with Crippen molar-refractivity contribution in [1.29, 1.82) is 0 Å². The molecule has 0 heterocycles. The van der Waals surface area contributed by atoms with E-state index < -0.39 is 23.9 Å². The average molecular weight is 294 g/mol. The first-order valence-electron chi connectivity index (χ1n) is 6.11. The van der Waals surface area contributed by atoms with Gasteiger partial charge in [-0.15, -0.1) is 0 Å². The molecule has 19 heavy (non-hydrogen) atoms. The third kappa shape index (κ3) is 3.04. The lowest BCUT2D eigenvalue weighted by Crippen LogP contribution is -2.37. The molecule has 1 saturated carbocycles. The van der Waals surface area contributed by atoms with Crippen molar-refractivity contribution in [3.05, 3.63) is 34.3 Å². The Morgan fingerprint density at radius 3 is 2.42 bits per heavy atom. The molecule has 0 aliphatic heterocycles. The number of aliphatic hydroxyl groups is 1. The van der Waals surface area contributed by atoms with Gasteiger partial charge in [0.2, 0.25) is 0 Å². The van der Waals surface area contributed by atoms with Crippen molar-refractivity contribution < 1.29 is 18.3 Å². The van der Waals surface area contributed by atoms with Crippen LogP contribution >= 0.6 is 11.6 Å². The zero-order chi connectivity index (χ0) is 14.2. The van der Waals surface area contributed by atoms with E-state index in [1.807, 2.05) is 0 Å². The van der Waals surface area contributed by atoms with Crippen LogP contribution in [0.3, 0.4) is 0 Å². The summed E-state index contributed by atoms with van der Waals surface area (Å²) in [6.07, 6.45) is -2.87. The zero-order valence-corrected chi connectivity index (χ0v) is 10.9. The van der Waals surface area contributed by atoms with E-state index in [4.69, 9.17) is 17.3 Å². The summed E-state index contributed by atoms with van der Waals surface area (Å²) >= 11 is 5.60. The Labute approximate surface area is 114 Å². The maximum atomic E-state index is 13.0. The van der Waals surface area contributed by atoms with Crippen LogP contribution in [0.2, 0.25) is 5.02 Å². The summed E-state index contributed by atoms with van der Waals surface area (Å²) in [5.74, 6) is -0.00763. The smallest absolute Gasteiger partial charge is 0.391 e. The first-order chi connectivity index (χ1) is 8.80. The highest BCUT2D eigenvalue weighted by Crippen LogP contribution is 2.39. The van der Waals surface area contributed by atoms with Gasteiger partial charge < -0.3 is 10.8 Å². The van der Waals surface area contributed by atoms with Crippen LogP contribution in [0.4, 0.5) is 13.2 Å². The number of hydrogen-bond donors (Lipinski definition) is 2. The van der Waals surface area contributed by atoms with Gasteiger partial charge in [-0.3, -0.25) is 0 Å². The molecule has 1 aromatic rings. The fourth-order valence-electron chi connectivity index (χ4n) is 2.32. The number of alkyl halides is 3. The molecule has 0 saturated heterocycles. The fourth-order valence-corrected chi connectivity index (χ4v) is 2.50. The van der Waals surface area contributed by atoms with Crippen LogP contribution in [0.15, 0.2) is 18.2 Å². The standard InChI is InChI=1S/C13H15ClF3NO/c14-8-4-5-9(10(6-8)13(15,16)17)11(18)12(19)7-2-1-3-7/h4-7,11-12,19H,1-3,18H2/t11-,12+/m1/s1. The quantitative estimate of drug-likeness (QED) is 0.896. The minimum absolute atomic E-state index is 0.00130. The Bertz CT molecular complexity index is 460. The molecule has 0 spiro atoms. The SMILES string of the molecule is N[C@H](c1ccc(Cl)cc1C(F)(F)F)[C@@H](O)C1CCC1. The lowest BCUT2D eigenvalue weighted by molar-refractivity contribution is -0.138. The molecule has 3 N–H and O–H groups in total. The van der Waals surface area contributed by atoms with Gasteiger partial charge in [0.15, 0.2) is 0 Å². The molecular weight excluding hydrogens is 279 g/mol. The summed E-state index contributed by atoms with van der Waals surface area (Å²) in [5, 5.41) is 10.0. The van der Waals surface area contributed by atoms with Crippen LogP contribution in [-0.4, -0.2) is 11.2 Å². The molecule has 1 aliphatic rings. The molecule has 106 valence electrons. The molecule has 2 atom stereocenters. The summed E-state index contributed by atoms with van der Waals surface area (Å²) in [6.45, 7) is 0. The minimum atomic E-state index is -4.53. The number of nitrogens with two attached hydrogens (primary N) is 1. The van der Waals surface area contributed by atoms with Crippen molar-refractivity contribution >= 4 is 11.6 Å². The summed E-state index contributed by atoms with van der Waals surface area (Å²) < 4.78 is 38.9.